The summed E-state index contributed by atoms with van der Waals surface area (Å²) in [5, 5.41) is 16.4. The molecule has 2 aromatic heterocycles. The molecular formula is C61H77N13S. The number of fused-ring (bicyclic) bond motifs is 2. The van der Waals surface area contributed by atoms with E-state index in [1.165, 1.54) is 92.2 Å². The van der Waals surface area contributed by atoms with Gasteiger partial charge in [0, 0.05) is 113 Å². The van der Waals surface area contributed by atoms with E-state index < -0.39 is 0 Å². The number of anilines is 7. The van der Waals surface area contributed by atoms with Crippen LogP contribution in [0, 0.1) is 12.8 Å². The maximum atomic E-state index is 5.16. The van der Waals surface area contributed by atoms with Gasteiger partial charge in [0.15, 0.2) is 5.82 Å². The number of hydrogen-bond donors (Lipinski definition) is 2. The van der Waals surface area contributed by atoms with E-state index in [0.29, 0.717) is 17.8 Å². The Morgan fingerprint density at radius 2 is 1.71 bits per heavy atom. The van der Waals surface area contributed by atoms with Crippen molar-refractivity contribution >= 4 is 75.0 Å². The number of aromatic nitrogens is 5. The van der Waals surface area contributed by atoms with Gasteiger partial charge in [-0.3, -0.25) is 4.90 Å². The number of rotatable bonds is 22. The number of nitrogens with one attached hydrogen (secondary N) is 2. The van der Waals surface area contributed by atoms with E-state index in [2.05, 4.69) is 152 Å². The molecule has 0 radical (unpaired) electrons. The van der Waals surface area contributed by atoms with Crippen LogP contribution in [0.4, 0.5) is 40.2 Å². The first-order valence-electron chi connectivity index (χ1n) is 27.3. The van der Waals surface area contributed by atoms with Gasteiger partial charge >= 0.3 is 0 Å². The van der Waals surface area contributed by atoms with Crippen molar-refractivity contribution in [3.05, 3.63) is 145 Å². The zero-order chi connectivity index (χ0) is 52.0. The lowest BCUT2D eigenvalue weighted by molar-refractivity contribution is 0.0830. The first-order valence-corrected chi connectivity index (χ1v) is 28.5. The predicted molar refractivity (Wildman–Crippen MR) is 318 cm³/mol. The number of aryl methyl sites for hydroxylation is 2. The van der Waals surface area contributed by atoms with Crippen molar-refractivity contribution in [3.63, 3.8) is 0 Å². The molecule has 4 aliphatic rings. The van der Waals surface area contributed by atoms with Gasteiger partial charge in [-0.15, -0.1) is 18.3 Å². The van der Waals surface area contributed by atoms with Gasteiger partial charge in [0.2, 0.25) is 5.95 Å². The summed E-state index contributed by atoms with van der Waals surface area (Å²) in [6.07, 6.45) is 18.7. The zero-order valence-corrected chi connectivity index (χ0v) is 45.7. The molecule has 3 saturated heterocycles. The molecule has 1 atom stereocenters. The van der Waals surface area contributed by atoms with Crippen LogP contribution in [0.2, 0.25) is 0 Å². The summed E-state index contributed by atoms with van der Waals surface area (Å²) in [7, 11) is 2.11. The van der Waals surface area contributed by atoms with Crippen molar-refractivity contribution in [3.8, 4) is 5.69 Å². The molecule has 0 bridgehead atoms. The summed E-state index contributed by atoms with van der Waals surface area (Å²) in [5.74, 6) is 1.94. The molecule has 13 nitrogen and oxygen atoms in total. The SMILES string of the molecule is C=CCCC(C=C)N(C)C(=C)c1ccc(N2CC(CCCN3CCN(C4CCN(c5cc(CC)c(Nc6ncc(-n7nnc8ccccc87)c(Nc7cccc8c7N(SC)CC8)n6)cc5C)CC4)CC3)C2)cc1C=C. The van der Waals surface area contributed by atoms with Crippen LogP contribution in [-0.2, 0) is 12.8 Å². The first-order chi connectivity index (χ1) is 36.7. The van der Waals surface area contributed by atoms with E-state index >= 15 is 0 Å². The van der Waals surface area contributed by atoms with Gasteiger partial charge in [-0.1, -0.05) is 85.8 Å². The molecule has 392 valence electrons. The summed E-state index contributed by atoms with van der Waals surface area (Å²) in [5.41, 5.74) is 15.4. The number of piperidine rings is 1. The highest BCUT2D eigenvalue weighted by Crippen LogP contribution is 2.41. The van der Waals surface area contributed by atoms with Crippen LogP contribution in [0.3, 0.4) is 0 Å². The van der Waals surface area contributed by atoms with Crippen molar-refractivity contribution in [1.29, 1.82) is 0 Å². The smallest absolute Gasteiger partial charge is 0.229 e. The molecule has 0 spiro atoms. The van der Waals surface area contributed by atoms with E-state index in [1.54, 1.807) is 11.9 Å². The highest BCUT2D eigenvalue weighted by Gasteiger charge is 2.31. The Morgan fingerprint density at radius 1 is 0.893 bits per heavy atom. The van der Waals surface area contributed by atoms with E-state index in [4.69, 9.17) is 9.97 Å². The van der Waals surface area contributed by atoms with Crippen molar-refractivity contribution in [2.75, 3.05) is 103 Å². The molecule has 6 heterocycles. The van der Waals surface area contributed by atoms with Crippen molar-refractivity contribution in [1.82, 2.24) is 39.7 Å². The van der Waals surface area contributed by atoms with Crippen LogP contribution in [-0.4, -0.2) is 130 Å². The minimum Gasteiger partial charge on any atom is -0.371 e. The number of benzene rings is 4. The number of hydrogen-bond acceptors (Lipinski definition) is 13. The van der Waals surface area contributed by atoms with Crippen LogP contribution in [0.15, 0.2) is 117 Å². The molecule has 1 unspecified atom stereocenters. The Kier molecular flexibility index (Phi) is 16.3. The lowest BCUT2D eigenvalue weighted by atomic mass is 9.92. The Hall–Kier alpha value is -6.61. The third kappa shape index (κ3) is 11.2. The minimum atomic E-state index is 0.216. The second kappa shape index (κ2) is 23.5. The minimum absolute atomic E-state index is 0.216. The van der Waals surface area contributed by atoms with E-state index in [9.17, 15) is 0 Å². The zero-order valence-electron chi connectivity index (χ0n) is 44.9. The standard InChI is InChI=1S/C61H77N13S/c1-9-13-20-49(12-4)68(7)44(6)52-25-24-51(38-46(52)10-2)72-41-45(42-72)18-17-29-69-33-35-70(36-34-69)50-27-30-71(31-28-50)57-39-47(11-3)55(37-43(57)5)64-61-62-40-58(74-56-23-15-14-21-53(56)66-67-74)60(65-61)63-54-22-16-19-48-26-32-73(75-8)59(48)54/h9-10,12,14-16,19,21-25,37-40,45,49-50H,1-2,4,6,11,13,17-18,20,26-36,41-42H2,3,5,7-8H3,(H2,62,63,64,65). The molecule has 14 heteroatoms. The van der Waals surface area contributed by atoms with Crippen molar-refractivity contribution in [2.24, 2.45) is 5.92 Å². The lowest BCUT2D eigenvalue weighted by Crippen LogP contribution is -2.53. The van der Waals surface area contributed by atoms with E-state index in [0.717, 1.165) is 109 Å². The van der Waals surface area contributed by atoms with Gasteiger partial charge in [-0.2, -0.15) is 4.98 Å². The molecule has 0 amide bonds. The summed E-state index contributed by atoms with van der Waals surface area (Å²) in [6, 6.07) is 26.8. The third-order valence-corrected chi connectivity index (χ3v) is 17.2. The van der Waals surface area contributed by atoms with Crippen molar-refractivity contribution < 1.29 is 0 Å². The highest BCUT2D eigenvalue weighted by molar-refractivity contribution is 8.00. The molecule has 0 aliphatic carbocycles. The fourth-order valence-electron chi connectivity index (χ4n) is 11.9. The lowest BCUT2D eigenvalue weighted by Gasteiger charge is -2.44. The third-order valence-electron chi connectivity index (χ3n) is 16.4. The number of nitrogens with zero attached hydrogens (tertiary/aromatic N) is 11. The second-order valence-electron chi connectivity index (χ2n) is 20.9. The molecule has 4 aromatic carbocycles. The topological polar surface area (TPSA) is 100.0 Å². The molecule has 0 saturated carbocycles. The molecule has 3 fully saturated rings. The van der Waals surface area contributed by atoms with Crippen LogP contribution >= 0.6 is 11.9 Å². The van der Waals surface area contributed by atoms with Gasteiger partial charge in [-0.05, 0) is 135 Å². The Morgan fingerprint density at radius 3 is 2.47 bits per heavy atom. The van der Waals surface area contributed by atoms with E-state index in [-0.39, 0.29) is 6.04 Å². The van der Waals surface area contributed by atoms with Crippen LogP contribution in [0.1, 0.15) is 73.3 Å². The predicted octanol–water partition coefficient (Wildman–Crippen LogP) is 11.8. The maximum Gasteiger partial charge on any atom is 0.229 e. The van der Waals surface area contributed by atoms with Gasteiger partial charge in [0.25, 0.3) is 0 Å². The molecule has 75 heavy (non-hydrogen) atoms. The molecule has 6 aromatic rings. The molecule has 4 aliphatic heterocycles. The molecular weight excluding hydrogens is 947 g/mol. The highest BCUT2D eigenvalue weighted by atomic mass is 32.2. The normalized spacial score (nSPS) is 16.9. The molecule has 2 N–H and O–H groups in total. The maximum absolute atomic E-state index is 5.16. The monoisotopic (exact) mass is 1020 g/mol. The fourth-order valence-corrected chi connectivity index (χ4v) is 12.6. The fraction of sp³-hybridized carbons (Fsp3) is 0.410. The van der Waals surface area contributed by atoms with Crippen molar-refractivity contribution in [2.45, 2.75) is 77.3 Å². The summed E-state index contributed by atoms with van der Waals surface area (Å²) < 4.78 is 4.17. The average molecular weight is 1020 g/mol. The summed E-state index contributed by atoms with van der Waals surface area (Å²) in [6.45, 7) is 32.4. The van der Waals surface area contributed by atoms with Gasteiger partial charge < -0.3 is 34.5 Å². The number of likely N-dealkylation sites (N-methyl/N-ethyl adjacent to an activating group) is 1. The quantitative estimate of drug-likeness (QED) is 0.0499. The van der Waals surface area contributed by atoms with Gasteiger partial charge in [0.1, 0.15) is 11.2 Å². The second-order valence-corrected chi connectivity index (χ2v) is 21.7. The Balaban J connectivity index is 0.703. The van der Waals surface area contributed by atoms with Gasteiger partial charge in [0.05, 0.1) is 23.1 Å². The van der Waals surface area contributed by atoms with Crippen LogP contribution in [0.25, 0.3) is 28.5 Å². The van der Waals surface area contributed by atoms with Crippen LogP contribution in [0.5, 0.6) is 0 Å². The first kappa shape index (κ1) is 51.9. The number of para-hydroxylation sites is 2. The largest absolute Gasteiger partial charge is 0.371 e. The van der Waals surface area contributed by atoms with Gasteiger partial charge in [-0.25, -0.2) is 9.67 Å². The Labute approximate surface area is 450 Å². The molecule has 10 rings (SSSR count). The number of piperazine rings is 1. The average Bonchev–Trinajstić information content (AvgIpc) is 4.07. The van der Waals surface area contributed by atoms with Crippen LogP contribution < -0.4 is 24.7 Å². The number of allylic oxidation sites excluding steroid dienone is 1. The summed E-state index contributed by atoms with van der Waals surface area (Å²) in [4.78, 5) is 22.9. The van der Waals surface area contributed by atoms with E-state index in [1.807, 2.05) is 53.4 Å². The Bertz CT molecular complexity index is 3000. The summed E-state index contributed by atoms with van der Waals surface area (Å²) >= 11 is 1.75.